The van der Waals surface area contributed by atoms with Crippen molar-refractivity contribution in [3.63, 3.8) is 0 Å². The number of nitrogens with zero attached hydrogens (tertiary/aromatic N) is 5. The molecule has 2 aliphatic rings. The molecule has 2 unspecified atom stereocenters. The highest BCUT2D eigenvalue weighted by molar-refractivity contribution is 5.97. The molecule has 0 bridgehead atoms. The minimum absolute atomic E-state index is 0.0299. The Morgan fingerprint density at radius 1 is 1.24 bits per heavy atom. The number of likely N-dealkylation sites (N-methyl/N-ethyl adjacent to an activating group) is 1. The Kier molecular flexibility index (Phi) is 7.59. The maximum atomic E-state index is 13.3. The van der Waals surface area contributed by atoms with E-state index in [1.165, 1.54) is 31.5 Å². The summed E-state index contributed by atoms with van der Waals surface area (Å²) < 4.78 is 13.3. The number of halogens is 1. The summed E-state index contributed by atoms with van der Waals surface area (Å²) in [4.78, 5) is 22.0. The number of rotatable bonds is 6. The molecule has 29 heavy (non-hydrogen) atoms. The molecule has 0 saturated carbocycles. The first-order valence-electron chi connectivity index (χ1n) is 10.6. The first-order chi connectivity index (χ1) is 14.0. The SMILES string of the molecule is CC(C(=O)N(CCC#N)c1ccc(F)cc1)N1CCN(C2CCCN(C)C2)CC1. The smallest absolute Gasteiger partial charge is 0.244 e. The van der Waals surface area contributed by atoms with E-state index >= 15 is 0 Å². The molecule has 0 aromatic heterocycles. The molecule has 0 N–H and O–H groups in total. The lowest BCUT2D eigenvalue weighted by Crippen LogP contribution is -2.58. The molecule has 2 atom stereocenters. The second-order valence-corrected chi connectivity index (χ2v) is 8.18. The zero-order valence-electron chi connectivity index (χ0n) is 17.6. The van der Waals surface area contributed by atoms with Gasteiger partial charge in [0.05, 0.1) is 18.5 Å². The molecule has 3 rings (SSSR count). The maximum Gasteiger partial charge on any atom is 0.244 e. The molecule has 2 fully saturated rings. The molecule has 1 amide bonds. The first-order valence-corrected chi connectivity index (χ1v) is 10.6. The molecule has 158 valence electrons. The predicted octanol–water partition coefficient (Wildman–Crippen LogP) is 2.17. The van der Waals surface area contributed by atoms with Crippen molar-refractivity contribution >= 4 is 11.6 Å². The van der Waals surface area contributed by atoms with Gasteiger partial charge in [0.1, 0.15) is 5.82 Å². The Balaban J connectivity index is 1.60. The van der Waals surface area contributed by atoms with Crippen LogP contribution in [0.3, 0.4) is 0 Å². The van der Waals surface area contributed by atoms with Crippen molar-refractivity contribution in [1.29, 1.82) is 5.26 Å². The highest BCUT2D eigenvalue weighted by Crippen LogP contribution is 2.21. The molecule has 2 saturated heterocycles. The van der Waals surface area contributed by atoms with Crippen molar-refractivity contribution in [2.75, 3.05) is 57.8 Å². The quantitative estimate of drug-likeness (QED) is 0.731. The number of amides is 1. The van der Waals surface area contributed by atoms with E-state index in [9.17, 15) is 9.18 Å². The lowest BCUT2D eigenvalue weighted by molar-refractivity contribution is -0.124. The number of benzene rings is 1. The molecule has 2 aliphatic heterocycles. The molecular formula is C22H32FN5O. The third-order valence-electron chi connectivity index (χ3n) is 6.22. The number of likely N-dealkylation sites (tertiary alicyclic amines) is 1. The monoisotopic (exact) mass is 401 g/mol. The maximum absolute atomic E-state index is 13.3. The zero-order valence-corrected chi connectivity index (χ0v) is 17.6. The van der Waals surface area contributed by atoms with Crippen LogP contribution in [0, 0.1) is 17.1 Å². The standard InChI is InChI=1S/C22H32FN5O/c1-18(22(29)28(12-4-10-24)20-8-6-19(23)7-9-20)26-13-15-27(16-14-26)21-5-3-11-25(2)17-21/h6-9,18,21H,3-5,11-17H2,1-2H3. The number of hydrogen-bond acceptors (Lipinski definition) is 5. The Morgan fingerprint density at radius 2 is 1.93 bits per heavy atom. The van der Waals surface area contributed by atoms with Crippen LogP contribution in [-0.4, -0.2) is 85.6 Å². The number of anilines is 1. The fourth-order valence-electron chi connectivity index (χ4n) is 4.46. The third-order valence-corrected chi connectivity index (χ3v) is 6.22. The summed E-state index contributed by atoms with van der Waals surface area (Å²) in [6.45, 7) is 8.25. The van der Waals surface area contributed by atoms with Crippen LogP contribution < -0.4 is 4.90 Å². The molecule has 2 heterocycles. The van der Waals surface area contributed by atoms with E-state index in [-0.39, 0.29) is 24.2 Å². The van der Waals surface area contributed by atoms with Crippen LogP contribution >= 0.6 is 0 Å². The summed E-state index contributed by atoms with van der Waals surface area (Å²) in [6.07, 6.45) is 2.76. The summed E-state index contributed by atoms with van der Waals surface area (Å²) in [5.74, 6) is -0.364. The predicted molar refractivity (Wildman–Crippen MR) is 112 cm³/mol. The van der Waals surface area contributed by atoms with Gasteiger partial charge < -0.3 is 9.80 Å². The molecule has 1 aromatic rings. The number of nitriles is 1. The van der Waals surface area contributed by atoms with E-state index < -0.39 is 0 Å². The van der Waals surface area contributed by atoms with Gasteiger partial charge in [0.25, 0.3) is 0 Å². The van der Waals surface area contributed by atoms with E-state index in [2.05, 4.69) is 27.8 Å². The second kappa shape index (κ2) is 10.1. The average Bonchev–Trinajstić information content (AvgIpc) is 2.74. The fourth-order valence-corrected chi connectivity index (χ4v) is 4.46. The van der Waals surface area contributed by atoms with Gasteiger partial charge in [0.2, 0.25) is 5.91 Å². The molecule has 0 aliphatic carbocycles. The minimum atomic E-state index is -0.334. The van der Waals surface area contributed by atoms with Crippen LogP contribution in [0.5, 0.6) is 0 Å². The Bertz CT molecular complexity index is 711. The summed E-state index contributed by atoms with van der Waals surface area (Å²) in [5.41, 5.74) is 0.641. The van der Waals surface area contributed by atoms with E-state index in [4.69, 9.17) is 5.26 Å². The van der Waals surface area contributed by atoms with Gasteiger partial charge in [0, 0.05) is 51.0 Å². The Morgan fingerprint density at radius 3 is 2.55 bits per heavy atom. The minimum Gasteiger partial charge on any atom is -0.310 e. The van der Waals surface area contributed by atoms with Gasteiger partial charge in [0.15, 0.2) is 0 Å². The van der Waals surface area contributed by atoms with Gasteiger partial charge in [-0.1, -0.05) is 0 Å². The van der Waals surface area contributed by atoms with Gasteiger partial charge in [-0.2, -0.15) is 5.26 Å². The molecule has 1 aromatic carbocycles. The van der Waals surface area contributed by atoms with Crippen LogP contribution in [0.2, 0.25) is 0 Å². The summed E-state index contributed by atoms with van der Waals surface area (Å²) >= 11 is 0. The van der Waals surface area contributed by atoms with Gasteiger partial charge in [-0.15, -0.1) is 0 Å². The third kappa shape index (κ3) is 5.53. The van der Waals surface area contributed by atoms with Crippen molar-refractivity contribution in [2.24, 2.45) is 0 Å². The summed E-state index contributed by atoms with van der Waals surface area (Å²) in [5, 5.41) is 8.98. The van der Waals surface area contributed by atoms with Crippen molar-refractivity contribution < 1.29 is 9.18 Å². The van der Waals surface area contributed by atoms with Gasteiger partial charge in [-0.05, 0) is 57.6 Å². The number of piperazine rings is 1. The number of hydrogen-bond donors (Lipinski definition) is 0. The van der Waals surface area contributed by atoms with E-state index in [0.717, 1.165) is 32.7 Å². The fraction of sp³-hybridized carbons (Fsp3) is 0.636. The highest BCUT2D eigenvalue weighted by Gasteiger charge is 2.32. The topological polar surface area (TPSA) is 53.8 Å². The number of carbonyl (C=O) groups excluding carboxylic acids is 1. The normalized spacial score (nSPS) is 22.8. The van der Waals surface area contributed by atoms with Gasteiger partial charge in [-0.3, -0.25) is 14.6 Å². The van der Waals surface area contributed by atoms with Crippen LogP contribution in [0.25, 0.3) is 0 Å². The van der Waals surface area contributed by atoms with Crippen molar-refractivity contribution in [3.8, 4) is 6.07 Å². The molecule has 7 heteroatoms. The van der Waals surface area contributed by atoms with Crippen LogP contribution in [0.1, 0.15) is 26.2 Å². The molecule has 6 nitrogen and oxygen atoms in total. The number of carbonyl (C=O) groups is 1. The Hall–Kier alpha value is -2.01. The van der Waals surface area contributed by atoms with E-state index in [0.29, 0.717) is 18.3 Å². The highest BCUT2D eigenvalue weighted by atomic mass is 19.1. The van der Waals surface area contributed by atoms with Crippen molar-refractivity contribution in [1.82, 2.24) is 14.7 Å². The second-order valence-electron chi connectivity index (χ2n) is 8.18. The van der Waals surface area contributed by atoms with Crippen molar-refractivity contribution in [3.05, 3.63) is 30.1 Å². The molecular weight excluding hydrogens is 369 g/mol. The lowest BCUT2D eigenvalue weighted by Gasteiger charge is -2.44. The lowest BCUT2D eigenvalue weighted by atomic mass is 10.0. The van der Waals surface area contributed by atoms with E-state index in [1.54, 1.807) is 17.0 Å². The zero-order chi connectivity index (χ0) is 20.8. The van der Waals surface area contributed by atoms with Crippen LogP contribution in [0.4, 0.5) is 10.1 Å². The largest absolute Gasteiger partial charge is 0.310 e. The first kappa shape index (κ1) is 21.7. The molecule has 0 radical (unpaired) electrons. The average molecular weight is 402 g/mol. The summed E-state index contributed by atoms with van der Waals surface area (Å²) in [6, 6.07) is 8.38. The van der Waals surface area contributed by atoms with Crippen LogP contribution in [0.15, 0.2) is 24.3 Å². The van der Waals surface area contributed by atoms with Crippen LogP contribution in [-0.2, 0) is 4.79 Å². The van der Waals surface area contributed by atoms with Crippen molar-refractivity contribution in [2.45, 2.75) is 38.3 Å². The Labute approximate surface area is 173 Å². The molecule has 0 spiro atoms. The van der Waals surface area contributed by atoms with Gasteiger partial charge in [-0.25, -0.2) is 4.39 Å². The number of piperidine rings is 1. The van der Waals surface area contributed by atoms with E-state index in [1.807, 2.05) is 6.92 Å². The summed E-state index contributed by atoms with van der Waals surface area (Å²) in [7, 11) is 2.19. The van der Waals surface area contributed by atoms with Gasteiger partial charge >= 0.3 is 0 Å².